The molecule has 0 saturated carbocycles. The highest BCUT2D eigenvalue weighted by Crippen LogP contribution is 2.25. The van der Waals surface area contributed by atoms with E-state index in [2.05, 4.69) is 16.0 Å². The Balaban J connectivity index is 1.66. The summed E-state index contributed by atoms with van der Waals surface area (Å²) in [5.41, 5.74) is 3.16. The van der Waals surface area contributed by atoms with Crippen LogP contribution in [0.1, 0.15) is 12.0 Å². The van der Waals surface area contributed by atoms with Crippen LogP contribution in [0.3, 0.4) is 0 Å². The topological polar surface area (TPSA) is 70.2 Å². The summed E-state index contributed by atoms with van der Waals surface area (Å²) in [7, 11) is 0. The van der Waals surface area contributed by atoms with Crippen LogP contribution in [0.4, 0.5) is 21.9 Å². The van der Waals surface area contributed by atoms with Crippen molar-refractivity contribution < 1.29 is 9.59 Å². The molecule has 0 atom stereocenters. The lowest BCUT2D eigenvalue weighted by atomic mass is 10.0. The van der Waals surface area contributed by atoms with Gasteiger partial charge in [-0.15, -0.1) is 0 Å². The highest BCUT2D eigenvalue weighted by Gasteiger charge is 2.15. The van der Waals surface area contributed by atoms with Crippen LogP contribution in [-0.4, -0.2) is 11.9 Å². The summed E-state index contributed by atoms with van der Waals surface area (Å²) >= 11 is 5.80. The summed E-state index contributed by atoms with van der Waals surface area (Å²) in [6.45, 7) is 0. The third-order valence-corrected chi connectivity index (χ3v) is 3.61. The predicted octanol–water partition coefficient (Wildman–Crippen LogP) is 3.87. The van der Waals surface area contributed by atoms with Gasteiger partial charge in [0.05, 0.1) is 0 Å². The zero-order chi connectivity index (χ0) is 15.5. The summed E-state index contributed by atoms with van der Waals surface area (Å²) in [4.78, 5) is 23.3. The summed E-state index contributed by atoms with van der Waals surface area (Å²) in [5, 5.41) is 8.92. The normalized spacial score (nSPS) is 13.0. The lowest BCUT2D eigenvalue weighted by Gasteiger charge is -2.17. The third kappa shape index (κ3) is 3.38. The molecule has 0 aliphatic carbocycles. The first-order chi connectivity index (χ1) is 10.6. The van der Waals surface area contributed by atoms with Crippen LogP contribution in [0.5, 0.6) is 0 Å². The van der Waals surface area contributed by atoms with Crippen molar-refractivity contribution in [3.8, 4) is 0 Å². The number of nitrogens with one attached hydrogen (secondary N) is 3. The van der Waals surface area contributed by atoms with E-state index in [0.717, 1.165) is 11.3 Å². The minimum absolute atomic E-state index is 0.0219. The van der Waals surface area contributed by atoms with Gasteiger partial charge in [0.25, 0.3) is 0 Å². The fourth-order valence-corrected chi connectivity index (χ4v) is 2.41. The Hall–Kier alpha value is -2.53. The van der Waals surface area contributed by atoms with Crippen LogP contribution >= 0.6 is 11.6 Å². The summed E-state index contributed by atoms with van der Waals surface area (Å²) in [6.07, 6.45) is 1.14. The Bertz CT molecular complexity index is 729. The van der Waals surface area contributed by atoms with E-state index < -0.39 is 0 Å². The number of halogens is 1. The van der Waals surface area contributed by atoms with Crippen LogP contribution in [0, 0.1) is 0 Å². The number of fused-ring (bicyclic) bond motifs is 1. The van der Waals surface area contributed by atoms with Crippen molar-refractivity contribution in [1.82, 2.24) is 0 Å². The molecule has 2 aromatic carbocycles. The molecule has 0 unspecified atom stereocenters. The summed E-state index contributed by atoms with van der Waals surface area (Å²) in [6, 6.07) is 12.0. The number of hydrogen-bond donors (Lipinski definition) is 3. The maximum absolute atomic E-state index is 12.0. The van der Waals surface area contributed by atoms with Crippen molar-refractivity contribution in [2.24, 2.45) is 0 Å². The number of aryl methyl sites for hydroxylation is 1. The van der Waals surface area contributed by atoms with E-state index in [1.54, 1.807) is 36.4 Å². The molecule has 1 heterocycles. The highest BCUT2D eigenvalue weighted by atomic mass is 35.5. The lowest BCUT2D eigenvalue weighted by Crippen LogP contribution is -2.21. The SMILES string of the molecule is O=C1CCc2cc(NC(=O)Nc3ccc(Cl)cc3)ccc2N1. The van der Waals surface area contributed by atoms with Crippen molar-refractivity contribution in [3.63, 3.8) is 0 Å². The highest BCUT2D eigenvalue weighted by molar-refractivity contribution is 6.30. The Labute approximate surface area is 132 Å². The molecule has 3 rings (SSSR count). The van der Waals surface area contributed by atoms with Gasteiger partial charge in [-0.25, -0.2) is 4.79 Å². The van der Waals surface area contributed by atoms with Gasteiger partial charge < -0.3 is 16.0 Å². The number of amides is 3. The van der Waals surface area contributed by atoms with Gasteiger partial charge in [-0.2, -0.15) is 0 Å². The molecule has 0 saturated heterocycles. The second-order valence-electron chi connectivity index (χ2n) is 5.01. The molecule has 0 aromatic heterocycles. The van der Waals surface area contributed by atoms with Crippen LogP contribution in [0.15, 0.2) is 42.5 Å². The van der Waals surface area contributed by atoms with Crippen LogP contribution in [0.25, 0.3) is 0 Å². The molecule has 0 bridgehead atoms. The monoisotopic (exact) mass is 315 g/mol. The largest absolute Gasteiger partial charge is 0.326 e. The molecule has 1 aliphatic heterocycles. The van der Waals surface area contributed by atoms with E-state index in [4.69, 9.17) is 11.6 Å². The molecule has 0 fully saturated rings. The average molecular weight is 316 g/mol. The van der Waals surface area contributed by atoms with Gasteiger partial charge in [0.15, 0.2) is 0 Å². The maximum atomic E-state index is 12.0. The van der Waals surface area contributed by atoms with Gasteiger partial charge in [-0.1, -0.05) is 11.6 Å². The zero-order valence-electron chi connectivity index (χ0n) is 11.7. The van der Waals surface area contributed by atoms with E-state index in [1.165, 1.54) is 0 Å². The zero-order valence-corrected chi connectivity index (χ0v) is 12.4. The van der Waals surface area contributed by atoms with Crippen molar-refractivity contribution >= 4 is 40.6 Å². The number of anilines is 3. The molecule has 22 heavy (non-hydrogen) atoms. The Morgan fingerprint density at radius 1 is 1.00 bits per heavy atom. The molecule has 6 heteroatoms. The summed E-state index contributed by atoms with van der Waals surface area (Å²) < 4.78 is 0. The molecular weight excluding hydrogens is 302 g/mol. The molecule has 0 radical (unpaired) electrons. The molecule has 3 N–H and O–H groups in total. The molecule has 2 aromatic rings. The molecular formula is C16H14ClN3O2. The number of benzene rings is 2. The summed E-state index contributed by atoms with van der Waals surface area (Å²) in [5.74, 6) is 0.0219. The van der Waals surface area contributed by atoms with Gasteiger partial charge in [0.1, 0.15) is 0 Å². The minimum atomic E-state index is -0.331. The predicted molar refractivity (Wildman–Crippen MR) is 87.5 cm³/mol. The number of hydrogen-bond acceptors (Lipinski definition) is 2. The second-order valence-corrected chi connectivity index (χ2v) is 5.44. The van der Waals surface area contributed by atoms with Gasteiger partial charge in [0.2, 0.25) is 5.91 Å². The van der Waals surface area contributed by atoms with Crippen molar-refractivity contribution in [3.05, 3.63) is 53.1 Å². The fourth-order valence-electron chi connectivity index (χ4n) is 2.29. The van der Waals surface area contributed by atoms with Crippen molar-refractivity contribution in [1.29, 1.82) is 0 Å². The fraction of sp³-hybridized carbons (Fsp3) is 0.125. The smallest absolute Gasteiger partial charge is 0.323 e. The van der Waals surface area contributed by atoms with E-state index >= 15 is 0 Å². The number of urea groups is 1. The van der Waals surface area contributed by atoms with E-state index in [9.17, 15) is 9.59 Å². The molecule has 3 amide bonds. The minimum Gasteiger partial charge on any atom is -0.326 e. The first-order valence-corrected chi connectivity index (χ1v) is 7.24. The van der Waals surface area contributed by atoms with Gasteiger partial charge >= 0.3 is 6.03 Å². The quantitative estimate of drug-likeness (QED) is 0.787. The van der Waals surface area contributed by atoms with Crippen molar-refractivity contribution in [2.45, 2.75) is 12.8 Å². The van der Waals surface area contributed by atoms with E-state index in [1.807, 2.05) is 6.07 Å². The lowest BCUT2D eigenvalue weighted by molar-refractivity contribution is -0.116. The van der Waals surface area contributed by atoms with Crippen LogP contribution in [-0.2, 0) is 11.2 Å². The van der Waals surface area contributed by atoms with Crippen molar-refractivity contribution in [2.75, 3.05) is 16.0 Å². The molecule has 112 valence electrons. The van der Waals surface area contributed by atoms with Gasteiger partial charge in [0, 0.05) is 28.5 Å². The molecule has 1 aliphatic rings. The van der Waals surface area contributed by atoms with E-state index in [0.29, 0.717) is 29.2 Å². The molecule has 5 nitrogen and oxygen atoms in total. The van der Waals surface area contributed by atoms with Crippen LogP contribution < -0.4 is 16.0 Å². The van der Waals surface area contributed by atoms with Gasteiger partial charge in [-0.05, 0) is 54.4 Å². The molecule has 0 spiro atoms. The number of rotatable bonds is 2. The average Bonchev–Trinajstić information content (AvgIpc) is 2.50. The Kier molecular flexibility index (Phi) is 3.98. The Morgan fingerprint density at radius 2 is 1.68 bits per heavy atom. The van der Waals surface area contributed by atoms with Crippen LogP contribution in [0.2, 0.25) is 5.02 Å². The van der Waals surface area contributed by atoms with E-state index in [-0.39, 0.29) is 11.9 Å². The second kappa shape index (κ2) is 6.07. The van der Waals surface area contributed by atoms with Gasteiger partial charge in [-0.3, -0.25) is 4.79 Å². The first-order valence-electron chi connectivity index (χ1n) is 6.86. The first kappa shape index (κ1) is 14.4. The standard InChI is InChI=1S/C16H14ClN3O2/c17-11-2-4-12(5-3-11)18-16(22)19-13-6-7-14-10(9-13)1-8-15(21)20-14/h2-7,9H,1,8H2,(H,20,21)(H2,18,19,22). The number of carbonyl (C=O) groups excluding carboxylic acids is 2. The Morgan fingerprint density at radius 3 is 2.45 bits per heavy atom. The third-order valence-electron chi connectivity index (χ3n) is 3.36. The maximum Gasteiger partial charge on any atom is 0.323 e. The number of carbonyl (C=O) groups is 2.